The van der Waals surface area contributed by atoms with Crippen molar-refractivity contribution in [2.75, 3.05) is 70.9 Å². The number of benzene rings is 2. The molecule has 3 aromatic rings. The van der Waals surface area contributed by atoms with E-state index in [0.717, 1.165) is 0 Å². The Hall–Kier alpha value is -7.13. The third-order valence-corrected chi connectivity index (χ3v) is 17.0. The number of rotatable bonds is 36. The van der Waals surface area contributed by atoms with Crippen molar-refractivity contribution in [3.05, 3.63) is 75.3 Å². The van der Waals surface area contributed by atoms with Crippen LogP contribution in [0.2, 0.25) is 0 Å². The first kappa shape index (κ1) is 68.6. The van der Waals surface area contributed by atoms with Crippen LogP contribution in [0.3, 0.4) is 0 Å². The van der Waals surface area contributed by atoms with Crippen molar-refractivity contribution in [3.8, 4) is 11.5 Å². The second kappa shape index (κ2) is 33.0. The van der Waals surface area contributed by atoms with Crippen molar-refractivity contribution in [2.45, 2.75) is 111 Å². The molecule has 1 unspecified atom stereocenters. The van der Waals surface area contributed by atoms with E-state index in [1.807, 2.05) is 6.26 Å². The third-order valence-electron chi connectivity index (χ3n) is 14.2. The number of carbonyl (C=O) groups is 11. The van der Waals surface area contributed by atoms with Crippen molar-refractivity contribution in [1.82, 2.24) is 25.4 Å². The van der Waals surface area contributed by atoms with Gasteiger partial charge in [-0.1, -0.05) is 37.7 Å². The molecule has 1 aliphatic carbocycles. The number of fused-ring (bicyclic) bond motifs is 1. The molecule has 0 bridgehead atoms. The molecule has 2 aromatic carbocycles. The maximum absolute atomic E-state index is 13.9. The van der Waals surface area contributed by atoms with Gasteiger partial charge < -0.3 is 54.4 Å². The maximum atomic E-state index is 13.9. The number of thiazole rings is 1. The number of ketones is 5. The summed E-state index contributed by atoms with van der Waals surface area (Å²) in [6, 6.07) is 8.37. The SMILES string of the molecule is CSCC[C@@H](NC(=O)[C@H](CC(=O)[C@@H](CC(=O)O)NC(=O)CCOCCOCCN(CCN(C)C(=O)CC(C)(C)C1=C(C)C(=O)C(C)=C(C)C1=O)C(=O)Oc1ccc2nc(C3=NC(OC=O)CS3)sc2c1)Cc1ccc(O)cc1)C(=O)CCC(C)=O. The molecular formula is C59H74N6O17S3. The topological polar surface area (TPSA) is 321 Å². The molecule has 0 radical (unpaired) electrons. The molecule has 4 amide bonds. The number of amides is 4. The predicted molar refractivity (Wildman–Crippen MR) is 319 cm³/mol. The number of aliphatic carboxylic acids is 1. The van der Waals surface area contributed by atoms with E-state index in [0.29, 0.717) is 60.5 Å². The molecule has 23 nitrogen and oxygen atoms in total. The number of allylic oxidation sites excluding steroid dienone is 4. The van der Waals surface area contributed by atoms with Crippen LogP contribution in [-0.4, -0.2) is 184 Å². The van der Waals surface area contributed by atoms with Crippen LogP contribution in [0.25, 0.3) is 10.2 Å². The average molecular weight is 1240 g/mol. The smallest absolute Gasteiger partial charge is 0.415 e. The van der Waals surface area contributed by atoms with Gasteiger partial charge in [-0.25, -0.2) is 14.8 Å². The Morgan fingerprint density at radius 3 is 2.21 bits per heavy atom. The number of thioether (sulfide) groups is 2. The van der Waals surface area contributed by atoms with E-state index in [1.165, 1.54) is 63.7 Å². The van der Waals surface area contributed by atoms with Gasteiger partial charge in [0.05, 0.1) is 60.9 Å². The van der Waals surface area contributed by atoms with Crippen molar-refractivity contribution in [3.63, 3.8) is 0 Å². The summed E-state index contributed by atoms with van der Waals surface area (Å²) in [5.41, 5.74) is 1.47. The summed E-state index contributed by atoms with van der Waals surface area (Å²) < 4.78 is 22.9. The molecule has 2 aliphatic rings. The van der Waals surface area contributed by atoms with Gasteiger partial charge in [-0.05, 0) is 82.4 Å². The highest BCUT2D eigenvalue weighted by Crippen LogP contribution is 2.39. The quantitative estimate of drug-likeness (QED) is 0.0301. The Kier molecular flexibility index (Phi) is 26.6. The first-order valence-corrected chi connectivity index (χ1v) is 30.7. The fourth-order valence-electron chi connectivity index (χ4n) is 9.25. The molecule has 460 valence electrons. The first-order valence-electron chi connectivity index (χ1n) is 27.5. The number of carboxylic acid groups (broad SMARTS) is 1. The molecule has 0 spiro atoms. The molecule has 0 saturated heterocycles. The van der Waals surface area contributed by atoms with E-state index in [4.69, 9.17) is 18.9 Å². The standard InChI is InChI=1S/C59H74N6O17S3/c1-34(67)9-16-45(69)42(18-26-83-8)61-55(77)39(27-38-10-12-40(68)13-11-38)28-46(70)44(30-51(73)74)60-48(71)17-22-79-24-25-80-23-21-65(20-19-64(7)50(72)31-59(5,6)52-37(4)53(75)35(2)36(3)54(52)76)58(78)82-41-14-15-43-47(29-41)85-57(62-43)56-63-49(32-84-56)81-33-66/h10-15,29,33,39,42,44,49,68H,9,16-28,30-32H2,1-8H3,(H,60,71)(H,61,77)(H,73,74)/t39-,42+,44+,49?/m0/s1. The Morgan fingerprint density at radius 1 is 0.847 bits per heavy atom. The largest absolute Gasteiger partial charge is 0.508 e. The van der Waals surface area contributed by atoms with Gasteiger partial charge in [0, 0.05) is 98.5 Å². The zero-order valence-electron chi connectivity index (χ0n) is 49.0. The molecule has 2 heterocycles. The van der Waals surface area contributed by atoms with Crippen molar-refractivity contribution in [2.24, 2.45) is 16.3 Å². The number of aromatic nitrogens is 1. The minimum Gasteiger partial charge on any atom is -0.508 e. The number of hydrogen-bond acceptors (Lipinski definition) is 21. The van der Waals surface area contributed by atoms with Gasteiger partial charge in [-0.2, -0.15) is 11.8 Å². The summed E-state index contributed by atoms with van der Waals surface area (Å²) in [6.45, 7) is 9.79. The van der Waals surface area contributed by atoms with Crippen LogP contribution < -0.4 is 15.4 Å². The second-order valence-electron chi connectivity index (χ2n) is 21.2. The number of aromatic hydroxyl groups is 1. The van der Waals surface area contributed by atoms with Crippen LogP contribution in [-0.2, 0) is 68.6 Å². The lowest BCUT2D eigenvalue weighted by Gasteiger charge is -2.33. The van der Waals surface area contributed by atoms with Gasteiger partial charge in [0.15, 0.2) is 23.1 Å². The zero-order chi connectivity index (χ0) is 62.5. The molecule has 4 atom stereocenters. The van der Waals surface area contributed by atoms with Gasteiger partial charge in [0.25, 0.3) is 6.47 Å². The highest BCUT2D eigenvalue weighted by molar-refractivity contribution is 8.15. The summed E-state index contributed by atoms with van der Waals surface area (Å²) in [5.74, 6) is -4.90. The zero-order valence-corrected chi connectivity index (χ0v) is 51.4. The number of phenols is 1. The highest BCUT2D eigenvalue weighted by atomic mass is 32.2. The summed E-state index contributed by atoms with van der Waals surface area (Å²) in [6.07, 6.45) is -1.10. The Balaban J connectivity index is 1.17. The molecule has 0 fully saturated rings. The number of nitrogens with zero attached hydrogens (tertiary/aromatic N) is 4. The number of Topliss-reactive ketones (excluding diaryl/α,β-unsaturated/α-hetero) is 5. The van der Waals surface area contributed by atoms with Crippen LogP contribution in [0.5, 0.6) is 11.5 Å². The molecule has 85 heavy (non-hydrogen) atoms. The molecule has 0 saturated carbocycles. The lowest BCUT2D eigenvalue weighted by atomic mass is 9.71. The van der Waals surface area contributed by atoms with Crippen LogP contribution in [0, 0.1) is 11.3 Å². The molecule has 26 heteroatoms. The van der Waals surface area contributed by atoms with E-state index in [9.17, 15) is 63.0 Å². The average Bonchev–Trinajstić information content (AvgIpc) is 1.91. The number of likely N-dealkylation sites (N-methyl/N-ethyl adjacent to an activating group) is 1. The van der Waals surface area contributed by atoms with Crippen molar-refractivity contribution < 1.29 is 81.9 Å². The molecule has 4 N–H and O–H groups in total. The number of nitrogens with one attached hydrogen (secondary N) is 2. The van der Waals surface area contributed by atoms with Crippen LogP contribution >= 0.6 is 34.9 Å². The van der Waals surface area contributed by atoms with E-state index >= 15 is 0 Å². The monoisotopic (exact) mass is 1230 g/mol. The Bertz CT molecular complexity index is 3080. The fourth-order valence-corrected chi connectivity index (χ4v) is 11.7. The number of hydrogen-bond donors (Lipinski definition) is 4. The number of carbonyl (C=O) groups excluding carboxylic acids is 10. The van der Waals surface area contributed by atoms with Gasteiger partial charge in [0.2, 0.25) is 23.9 Å². The minimum atomic E-state index is -1.53. The summed E-state index contributed by atoms with van der Waals surface area (Å²) >= 11 is 4.16. The van der Waals surface area contributed by atoms with Gasteiger partial charge in [-0.15, -0.1) is 11.3 Å². The third kappa shape index (κ3) is 20.8. The summed E-state index contributed by atoms with van der Waals surface area (Å²) in [5, 5.41) is 26.0. The summed E-state index contributed by atoms with van der Waals surface area (Å²) in [7, 11) is 1.56. The minimum absolute atomic E-state index is 0.00367. The number of aliphatic imine (C=N–C) groups is 1. The molecule has 1 aliphatic heterocycles. The van der Waals surface area contributed by atoms with Crippen LogP contribution in [0.1, 0.15) is 97.1 Å². The van der Waals surface area contributed by atoms with Gasteiger partial charge in [-0.3, -0.25) is 43.2 Å². The Morgan fingerprint density at radius 2 is 1.54 bits per heavy atom. The number of phenolic OH excluding ortho intramolecular Hbond substituents is 1. The normalized spacial score (nSPS) is 15.4. The van der Waals surface area contributed by atoms with E-state index in [1.54, 1.807) is 72.0 Å². The maximum Gasteiger partial charge on any atom is 0.415 e. The molecule has 1 aromatic heterocycles. The van der Waals surface area contributed by atoms with Crippen molar-refractivity contribution in [1.29, 1.82) is 0 Å². The lowest BCUT2D eigenvalue weighted by molar-refractivity contribution is -0.141. The number of carboxylic acids is 1. The fraction of sp³-hybridized carbons (Fsp3) is 0.508. The molecule has 5 rings (SSSR count). The Labute approximate surface area is 505 Å². The number of ether oxygens (including phenoxy) is 4. The van der Waals surface area contributed by atoms with Crippen LogP contribution in [0.15, 0.2) is 69.7 Å². The first-order chi connectivity index (χ1) is 40.3. The van der Waals surface area contributed by atoms with Crippen molar-refractivity contribution >= 4 is 115 Å². The second-order valence-corrected chi connectivity index (χ2v) is 24.2. The van der Waals surface area contributed by atoms with Gasteiger partial charge >= 0.3 is 12.1 Å². The predicted octanol–water partition coefficient (Wildman–Crippen LogP) is 5.85. The highest BCUT2D eigenvalue weighted by Gasteiger charge is 2.39. The molecular weight excluding hydrogens is 1160 g/mol. The summed E-state index contributed by atoms with van der Waals surface area (Å²) in [4.78, 5) is 154. The van der Waals surface area contributed by atoms with Gasteiger partial charge in [0.1, 0.15) is 27.3 Å². The van der Waals surface area contributed by atoms with E-state index in [2.05, 4.69) is 20.6 Å². The van der Waals surface area contributed by atoms with E-state index < -0.39 is 72.1 Å². The van der Waals surface area contributed by atoms with Crippen LogP contribution in [0.4, 0.5) is 4.79 Å². The lowest BCUT2D eigenvalue weighted by Crippen LogP contribution is -2.47. The van der Waals surface area contributed by atoms with E-state index in [-0.39, 0.29) is 131 Å².